The fourth-order valence-electron chi connectivity index (χ4n) is 0.855. The lowest BCUT2D eigenvalue weighted by atomic mass is 10.2. The van der Waals surface area contributed by atoms with Crippen molar-refractivity contribution in [2.75, 3.05) is 6.61 Å². The molecule has 0 atom stereocenters. The third-order valence-electron chi connectivity index (χ3n) is 1.40. The minimum absolute atomic E-state index is 0.0454. The van der Waals surface area contributed by atoms with Crippen LogP contribution in [0.25, 0.3) is 0 Å². The molecule has 1 aromatic rings. The average molecular weight is 196 g/mol. The summed E-state index contributed by atoms with van der Waals surface area (Å²) in [5.74, 6) is -0.536. The van der Waals surface area contributed by atoms with Gasteiger partial charge in [0, 0.05) is 0 Å². The number of carbonyl (C=O) groups excluding carboxylic acids is 2. The zero-order chi connectivity index (χ0) is 11.0. The number of hydrogen-bond acceptors (Lipinski definition) is 4. The van der Waals surface area contributed by atoms with Crippen LogP contribution in [0.1, 0.15) is 17.3 Å². The predicted molar refractivity (Wildman–Crippen MR) is 51.2 cm³/mol. The second-order valence-corrected chi connectivity index (χ2v) is 2.24. The lowest BCUT2D eigenvalue weighted by molar-refractivity contribution is -0.0980. The van der Waals surface area contributed by atoms with E-state index in [0.717, 1.165) is 0 Å². The summed E-state index contributed by atoms with van der Waals surface area (Å²) in [6.07, 6.45) is 0. The number of ether oxygens (including phenoxy) is 1. The lowest BCUT2D eigenvalue weighted by Crippen LogP contribution is -2.04. The van der Waals surface area contributed by atoms with Crippen molar-refractivity contribution in [2.24, 2.45) is 0 Å². The number of hydrogen-bond donors (Lipinski definition) is 1. The van der Waals surface area contributed by atoms with Gasteiger partial charge in [0.05, 0.1) is 6.61 Å². The number of aromatic hydroxyl groups is 1. The SMILES string of the molecule is C=O.CCOC(=O)c1ccccc1O. The Labute approximate surface area is 82.1 Å². The van der Waals surface area contributed by atoms with Crippen LogP contribution in [-0.4, -0.2) is 24.5 Å². The van der Waals surface area contributed by atoms with Gasteiger partial charge in [-0.2, -0.15) is 0 Å². The van der Waals surface area contributed by atoms with Crippen molar-refractivity contribution in [3.05, 3.63) is 29.8 Å². The Kier molecular flexibility index (Phi) is 5.78. The standard InChI is InChI=1S/C9H10O3.CH2O/c1-2-12-9(11)7-5-3-4-6-8(7)10;1-2/h3-6,10H,2H2,1H3;1H2. The highest BCUT2D eigenvalue weighted by Gasteiger charge is 2.09. The van der Waals surface area contributed by atoms with Crippen molar-refractivity contribution < 1.29 is 19.4 Å². The molecule has 4 heteroatoms. The monoisotopic (exact) mass is 196 g/mol. The maximum absolute atomic E-state index is 11.1. The average Bonchev–Trinajstić information content (AvgIpc) is 2.22. The first-order valence-electron chi connectivity index (χ1n) is 3.99. The fraction of sp³-hybridized carbons (Fsp3) is 0.200. The van der Waals surface area contributed by atoms with Crippen LogP contribution in [0.4, 0.5) is 0 Å². The molecular formula is C10H12O4. The molecule has 1 aromatic carbocycles. The van der Waals surface area contributed by atoms with Crippen LogP contribution in [0.2, 0.25) is 0 Å². The molecule has 0 spiro atoms. The van der Waals surface area contributed by atoms with E-state index in [2.05, 4.69) is 0 Å². The van der Waals surface area contributed by atoms with Gasteiger partial charge in [0.15, 0.2) is 0 Å². The van der Waals surface area contributed by atoms with E-state index in [1.54, 1.807) is 19.1 Å². The van der Waals surface area contributed by atoms with Crippen molar-refractivity contribution in [1.82, 2.24) is 0 Å². The fourth-order valence-corrected chi connectivity index (χ4v) is 0.855. The van der Waals surface area contributed by atoms with Gasteiger partial charge in [-0.05, 0) is 19.1 Å². The number of esters is 1. The highest BCUT2D eigenvalue weighted by Crippen LogP contribution is 2.16. The molecule has 1 N–H and O–H groups in total. The van der Waals surface area contributed by atoms with E-state index < -0.39 is 5.97 Å². The minimum atomic E-state index is -0.490. The molecule has 76 valence electrons. The van der Waals surface area contributed by atoms with Crippen LogP contribution in [0.5, 0.6) is 5.75 Å². The van der Waals surface area contributed by atoms with E-state index in [1.807, 2.05) is 6.79 Å². The number of benzene rings is 1. The van der Waals surface area contributed by atoms with Crippen LogP contribution in [-0.2, 0) is 9.53 Å². The third-order valence-corrected chi connectivity index (χ3v) is 1.40. The van der Waals surface area contributed by atoms with Crippen molar-refractivity contribution in [3.63, 3.8) is 0 Å². The second-order valence-electron chi connectivity index (χ2n) is 2.24. The molecule has 0 amide bonds. The topological polar surface area (TPSA) is 63.6 Å². The zero-order valence-corrected chi connectivity index (χ0v) is 7.90. The molecule has 0 radical (unpaired) electrons. The van der Waals surface area contributed by atoms with Crippen molar-refractivity contribution >= 4 is 12.8 Å². The van der Waals surface area contributed by atoms with Gasteiger partial charge in [-0.3, -0.25) is 0 Å². The molecule has 4 nitrogen and oxygen atoms in total. The van der Waals surface area contributed by atoms with E-state index >= 15 is 0 Å². The first kappa shape index (κ1) is 12.2. The Bertz CT molecular complexity index is 296. The molecule has 0 aromatic heterocycles. The van der Waals surface area contributed by atoms with Crippen LogP contribution in [0.3, 0.4) is 0 Å². The Morgan fingerprint density at radius 3 is 2.50 bits per heavy atom. The molecule has 0 aliphatic heterocycles. The van der Waals surface area contributed by atoms with E-state index in [9.17, 15) is 9.90 Å². The molecule has 1 rings (SSSR count). The summed E-state index contributed by atoms with van der Waals surface area (Å²) in [5.41, 5.74) is 0.208. The highest BCUT2D eigenvalue weighted by molar-refractivity contribution is 5.92. The van der Waals surface area contributed by atoms with Crippen molar-refractivity contribution in [2.45, 2.75) is 6.92 Å². The third kappa shape index (κ3) is 3.26. The molecule has 0 bridgehead atoms. The summed E-state index contributed by atoms with van der Waals surface area (Å²) in [6, 6.07) is 6.30. The van der Waals surface area contributed by atoms with Crippen LogP contribution in [0, 0.1) is 0 Å². The summed E-state index contributed by atoms with van der Waals surface area (Å²) >= 11 is 0. The molecule has 0 aliphatic rings. The smallest absolute Gasteiger partial charge is 0.341 e. The second kappa shape index (κ2) is 6.65. The molecule has 0 saturated carbocycles. The number of rotatable bonds is 2. The van der Waals surface area contributed by atoms with Gasteiger partial charge in [-0.25, -0.2) is 4.79 Å². The molecule has 0 saturated heterocycles. The van der Waals surface area contributed by atoms with E-state index in [4.69, 9.17) is 9.53 Å². The molecular weight excluding hydrogens is 184 g/mol. The van der Waals surface area contributed by atoms with Crippen LogP contribution < -0.4 is 0 Å². The van der Waals surface area contributed by atoms with E-state index in [-0.39, 0.29) is 11.3 Å². The number of para-hydroxylation sites is 1. The Morgan fingerprint density at radius 2 is 2.00 bits per heavy atom. The first-order valence-corrected chi connectivity index (χ1v) is 3.99. The maximum atomic E-state index is 11.1. The molecule has 0 aliphatic carbocycles. The first-order chi connectivity index (χ1) is 6.75. The van der Waals surface area contributed by atoms with Crippen molar-refractivity contribution in [3.8, 4) is 5.75 Å². The normalized spacial score (nSPS) is 8.36. The van der Waals surface area contributed by atoms with Gasteiger partial charge < -0.3 is 14.6 Å². The van der Waals surface area contributed by atoms with E-state index in [1.165, 1.54) is 12.1 Å². The quantitative estimate of drug-likeness (QED) is 0.726. The maximum Gasteiger partial charge on any atom is 0.341 e. The van der Waals surface area contributed by atoms with Gasteiger partial charge in [-0.1, -0.05) is 12.1 Å². The van der Waals surface area contributed by atoms with Gasteiger partial charge in [0.2, 0.25) is 0 Å². The Balaban J connectivity index is 0.000000791. The Hall–Kier alpha value is -1.84. The van der Waals surface area contributed by atoms with Gasteiger partial charge in [0.1, 0.15) is 18.1 Å². The summed E-state index contributed by atoms with van der Waals surface area (Å²) in [5, 5.41) is 9.21. The Morgan fingerprint density at radius 1 is 1.43 bits per heavy atom. The molecule has 0 fully saturated rings. The van der Waals surface area contributed by atoms with Crippen LogP contribution in [0.15, 0.2) is 24.3 Å². The molecule has 14 heavy (non-hydrogen) atoms. The summed E-state index contributed by atoms with van der Waals surface area (Å²) in [4.78, 5) is 19.1. The summed E-state index contributed by atoms with van der Waals surface area (Å²) in [7, 11) is 0. The minimum Gasteiger partial charge on any atom is -0.507 e. The summed E-state index contributed by atoms with van der Waals surface area (Å²) in [6.45, 7) is 4.03. The van der Waals surface area contributed by atoms with Gasteiger partial charge >= 0.3 is 5.97 Å². The van der Waals surface area contributed by atoms with E-state index in [0.29, 0.717) is 6.61 Å². The number of carbonyl (C=O) groups is 2. The molecule has 0 heterocycles. The zero-order valence-electron chi connectivity index (χ0n) is 7.90. The predicted octanol–water partition coefficient (Wildman–Crippen LogP) is 1.38. The van der Waals surface area contributed by atoms with Gasteiger partial charge in [0.25, 0.3) is 0 Å². The summed E-state index contributed by atoms with van der Waals surface area (Å²) < 4.78 is 4.71. The highest BCUT2D eigenvalue weighted by atomic mass is 16.5. The van der Waals surface area contributed by atoms with Crippen LogP contribution >= 0.6 is 0 Å². The number of phenols is 1. The van der Waals surface area contributed by atoms with Gasteiger partial charge in [-0.15, -0.1) is 0 Å². The molecule has 0 unspecified atom stereocenters. The van der Waals surface area contributed by atoms with Crippen molar-refractivity contribution in [1.29, 1.82) is 0 Å². The largest absolute Gasteiger partial charge is 0.507 e. The lowest BCUT2D eigenvalue weighted by Gasteiger charge is -2.02. The number of phenolic OH excluding ortho intramolecular Hbond substituents is 1.